The molecule has 1 unspecified atom stereocenters. The molecule has 8 nitrogen and oxygen atoms in total. The Morgan fingerprint density at radius 2 is 1.85 bits per heavy atom. The molecular weight excluding hydrogens is 390 g/mol. The maximum absolute atomic E-state index is 11.9. The van der Waals surface area contributed by atoms with Crippen LogP contribution in [-0.2, 0) is 5.60 Å². The van der Waals surface area contributed by atoms with Crippen LogP contribution in [-0.4, -0.2) is 50.5 Å². The topological polar surface area (TPSA) is 103 Å². The van der Waals surface area contributed by atoms with E-state index in [9.17, 15) is 5.11 Å². The van der Waals surface area contributed by atoms with Crippen molar-refractivity contribution in [2.24, 2.45) is 0 Å². The van der Waals surface area contributed by atoms with Crippen LogP contribution in [0.2, 0.25) is 5.15 Å². The number of nitrogens with zero attached hydrogens (tertiary/aromatic N) is 5. The molecule has 0 amide bonds. The standard InChI is InChI=1S/C17H16ClN5O3S/c1-25-14-11(9-21-15(23-14)26-2)17(24,10-5-4-7-19-13(10)18)12-6-8-20-16(22-12)27-3/h4-9,24H,1-3H3. The van der Waals surface area contributed by atoms with Crippen LogP contribution in [0.4, 0.5) is 0 Å². The van der Waals surface area contributed by atoms with E-state index >= 15 is 0 Å². The minimum Gasteiger partial charge on any atom is -0.481 e. The van der Waals surface area contributed by atoms with Crippen molar-refractivity contribution in [3.63, 3.8) is 0 Å². The summed E-state index contributed by atoms with van der Waals surface area (Å²) >= 11 is 7.66. The highest BCUT2D eigenvalue weighted by atomic mass is 35.5. The van der Waals surface area contributed by atoms with Gasteiger partial charge in [-0.15, -0.1) is 0 Å². The molecule has 27 heavy (non-hydrogen) atoms. The number of rotatable bonds is 6. The number of hydrogen-bond acceptors (Lipinski definition) is 9. The molecule has 140 valence electrons. The van der Waals surface area contributed by atoms with Gasteiger partial charge in [0, 0.05) is 24.2 Å². The number of aromatic nitrogens is 5. The van der Waals surface area contributed by atoms with Gasteiger partial charge in [-0.3, -0.25) is 0 Å². The fourth-order valence-electron chi connectivity index (χ4n) is 2.57. The highest BCUT2D eigenvalue weighted by Gasteiger charge is 2.41. The van der Waals surface area contributed by atoms with Crippen LogP contribution in [0.15, 0.2) is 41.9 Å². The maximum atomic E-state index is 11.9. The summed E-state index contributed by atoms with van der Waals surface area (Å²) in [6.45, 7) is 0. The van der Waals surface area contributed by atoms with Gasteiger partial charge in [0.25, 0.3) is 0 Å². The summed E-state index contributed by atoms with van der Waals surface area (Å²) in [5.74, 6) is 0.119. The monoisotopic (exact) mass is 405 g/mol. The second-order valence-electron chi connectivity index (χ2n) is 5.26. The highest BCUT2D eigenvalue weighted by molar-refractivity contribution is 7.98. The van der Waals surface area contributed by atoms with Crippen LogP contribution in [0, 0.1) is 0 Å². The van der Waals surface area contributed by atoms with Crippen molar-refractivity contribution in [3.8, 4) is 11.9 Å². The number of methoxy groups -OCH3 is 2. The van der Waals surface area contributed by atoms with Gasteiger partial charge in [0.1, 0.15) is 5.15 Å². The smallest absolute Gasteiger partial charge is 0.319 e. The van der Waals surface area contributed by atoms with Crippen molar-refractivity contribution in [2.45, 2.75) is 10.8 Å². The zero-order chi connectivity index (χ0) is 19.4. The Balaban J connectivity index is 2.33. The molecular formula is C17H16ClN5O3S. The first-order chi connectivity index (χ1) is 13.0. The van der Waals surface area contributed by atoms with Crippen molar-refractivity contribution in [1.29, 1.82) is 0 Å². The molecule has 0 aliphatic heterocycles. The zero-order valence-electron chi connectivity index (χ0n) is 14.8. The average Bonchev–Trinajstić information content (AvgIpc) is 2.73. The summed E-state index contributed by atoms with van der Waals surface area (Å²) in [4.78, 5) is 21.0. The van der Waals surface area contributed by atoms with Gasteiger partial charge in [0.15, 0.2) is 10.8 Å². The van der Waals surface area contributed by atoms with Crippen molar-refractivity contribution >= 4 is 23.4 Å². The Morgan fingerprint density at radius 3 is 2.52 bits per heavy atom. The molecule has 0 aliphatic rings. The Kier molecular flexibility index (Phi) is 5.73. The molecule has 3 aromatic heterocycles. The van der Waals surface area contributed by atoms with Crippen LogP contribution in [0.1, 0.15) is 16.8 Å². The minimum atomic E-state index is -1.82. The van der Waals surface area contributed by atoms with Crippen molar-refractivity contribution in [1.82, 2.24) is 24.9 Å². The predicted octanol–water partition coefficient (Wildman–Crippen LogP) is 2.34. The third-order valence-electron chi connectivity index (χ3n) is 3.83. The minimum absolute atomic E-state index is 0.0997. The summed E-state index contributed by atoms with van der Waals surface area (Å²) in [5, 5.41) is 12.5. The van der Waals surface area contributed by atoms with E-state index in [1.54, 1.807) is 24.4 Å². The third-order valence-corrected chi connectivity index (χ3v) is 4.70. The molecule has 3 rings (SSSR count). The zero-order valence-corrected chi connectivity index (χ0v) is 16.3. The van der Waals surface area contributed by atoms with Crippen LogP contribution in [0.5, 0.6) is 11.9 Å². The molecule has 10 heteroatoms. The van der Waals surface area contributed by atoms with E-state index in [4.69, 9.17) is 21.1 Å². The van der Waals surface area contributed by atoms with Gasteiger partial charge in [0.2, 0.25) is 5.88 Å². The van der Waals surface area contributed by atoms with E-state index in [1.807, 2.05) is 6.26 Å². The fourth-order valence-corrected chi connectivity index (χ4v) is 3.18. The molecule has 1 atom stereocenters. The molecule has 1 N–H and O–H groups in total. The van der Waals surface area contributed by atoms with Crippen LogP contribution >= 0.6 is 23.4 Å². The predicted molar refractivity (Wildman–Crippen MR) is 100 cm³/mol. The number of pyridine rings is 1. The molecule has 0 bridgehead atoms. The molecule has 0 aliphatic carbocycles. The van der Waals surface area contributed by atoms with Crippen molar-refractivity contribution in [2.75, 3.05) is 20.5 Å². The SMILES string of the molecule is COc1ncc(C(O)(c2ccnc(SC)n2)c2cccnc2Cl)c(OC)n1. The lowest BCUT2D eigenvalue weighted by atomic mass is 9.85. The van der Waals surface area contributed by atoms with Crippen LogP contribution < -0.4 is 9.47 Å². The lowest BCUT2D eigenvalue weighted by molar-refractivity contribution is 0.114. The molecule has 0 spiro atoms. The fraction of sp³-hybridized carbons (Fsp3) is 0.235. The second kappa shape index (κ2) is 8.03. The normalized spacial score (nSPS) is 13.1. The first kappa shape index (κ1) is 19.3. The van der Waals surface area contributed by atoms with Crippen molar-refractivity contribution < 1.29 is 14.6 Å². The van der Waals surface area contributed by atoms with Gasteiger partial charge in [-0.1, -0.05) is 29.4 Å². The van der Waals surface area contributed by atoms with E-state index in [-0.39, 0.29) is 28.3 Å². The number of aliphatic hydroxyl groups is 1. The highest BCUT2D eigenvalue weighted by Crippen LogP contribution is 2.42. The van der Waals surface area contributed by atoms with Gasteiger partial charge < -0.3 is 14.6 Å². The van der Waals surface area contributed by atoms with E-state index in [0.29, 0.717) is 10.7 Å². The van der Waals surface area contributed by atoms with Crippen LogP contribution in [0.3, 0.4) is 0 Å². The van der Waals surface area contributed by atoms with Crippen LogP contribution in [0.25, 0.3) is 0 Å². The van der Waals surface area contributed by atoms with E-state index in [0.717, 1.165) is 0 Å². The summed E-state index contributed by atoms with van der Waals surface area (Å²) in [6, 6.07) is 5.01. The van der Waals surface area contributed by atoms with Gasteiger partial charge in [-0.2, -0.15) is 4.98 Å². The first-order valence-corrected chi connectivity index (χ1v) is 9.31. The molecule has 0 radical (unpaired) electrons. The summed E-state index contributed by atoms with van der Waals surface area (Å²) in [7, 11) is 2.87. The van der Waals surface area contributed by atoms with Gasteiger partial charge in [0.05, 0.1) is 25.5 Å². The molecule has 0 saturated heterocycles. The van der Waals surface area contributed by atoms with Crippen molar-refractivity contribution in [3.05, 3.63) is 58.8 Å². The largest absolute Gasteiger partial charge is 0.481 e. The lowest BCUT2D eigenvalue weighted by Crippen LogP contribution is -2.32. The first-order valence-electron chi connectivity index (χ1n) is 7.71. The lowest BCUT2D eigenvalue weighted by Gasteiger charge is -2.29. The molecule has 0 fully saturated rings. The summed E-state index contributed by atoms with van der Waals surface area (Å²) in [5.41, 5.74) is -0.990. The maximum Gasteiger partial charge on any atom is 0.319 e. The quantitative estimate of drug-likeness (QED) is 0.376. The number of thioether (sulfide) groups is 1. The molecule has 3 heterocycles. The number of ether oxygens (including phenoxy) is 2. The van der Waals surface area contributed by atoms with Gasteiger partial charge in [-0.25, -0.2) is 19.9 Å². The van der Waals surface area contributed by atoms with E-state index in [1.165, 1.54) is 38.4 Å². The Labute approximate surface area is 165 Å². The Hall–Kier alpha value is -2.49. The summed E-state index contributed by atoms with van der Waals surface area (Å²) < 4.78 is 10.4. The third kappa shape index (κ3) is 3.53. The van der Waals surface area contributed by atoms with Gasteiger partial charge >= 0.3 is 6.01 Å². The average molecular weight is 406 g/mol. The Bertz CT molecular complexity index is 961. The summed E-state index contributed by atoms with van der Waals surface area (Å²) in [6.07, 6.45) is 6.34. The van der Waals surface area contributed by atoms with E-state index in [2.05, 4.69) is 24.9 Å². The van der Waals surface area contributed by atoms with E-state index < -0.39 is 5.60 Å². The number of hydrogen-bond donors (Lipinski definition) is 1. The molecule has 0 aromatic carbocycles. The Morgan fingerprint density at radius 1 is 1.04 bits per heavy atom. The number of halogens is 1. The molecule has 0 saturated carbocycles. The second-order valence-corrected chi connectivity index (χ2v) is 6.39. The molecule has 3 aromatic rings. The van der Waals surface area contributed by atoms with Gasteiger partial charge in [-0.05, 0) is 18.4 Å².